The van der Waals surface area contributed by atoms with E-state index in [9.17, 15) is 14.4 Å². The highest BCUT2D eigenvalue weighted by Crippen LogP contribution is 2.44. The number of imide groups is 1. The first-order valence-corrected chi connectivity index (χ1v) is 11.9. The quantitative estimate of drug-likeness (QED) is 0.592. The van der Waals surface area contributed by atoms with Crippen LogP contribution in [-0.4, -0.2) is 73.1 Å². The third kappa shape index (κ3) is 4.38. The van der Waals surface area contributed by atoms with E-state index >= 15 is 0 Å². The minimum absolute atomic E-state index is 0.0221. The second kappa shape index (κ2) is 9.31. The van der Waals surface area contributed by atoms with E-state index in [0.29, 0.717) is 31.9 Å². The Bertz CT molecular complexity index is 1060. The van der Waals surface area contributed by atoms with Gasteiger partial charge in [-0.2, -0.15) is 0 Å². The molecule has 0 N–H and O–H groups in total. The molecule has 2 aromatic rings. The molecule has 2 aliphatic heterocycles. The molecule has 2 heterocycles. The zero-order valence-corrected chi connectivity index (χ0v) is 19.4. The molecular weight excluding hydrogens is 432 g/mol. The average molecular weight is 463 g/mol. The topological polar surface area (TPSA) is 76.2 Å². The molecule has 0 bridgehead atoms. The molecule has 0 aromatic heterocycles. The van der Waals surface area contributed by atoms with Crippen molar-refractivity contribution in [2.24, 2.45) is 0 Å². The van der Waals surface area contributed by atoms with Gasteiger partial charge in [-0.05, 0) is 29.5 Å². The van der Waals surface area contributed by atoms with Crippen LogP contribution in [0.15, 0.2) is 54.6 Å². The van der Waals surface area contributed by atoms with Crippen molar-refractivity contribution in [3.63, 3.8) is 0 Å². The predicted molar refractivity (Wildman–Crippen MR) is 126 cm³/mol. The number of likely N-dealkylation sites (tertiary alicyclic amines) is 1. The van der Waals surface area contributed by atoms with Gasteiger partial charge in [0.1, 0.15) is 0 Å². The van der Waals surface area contributed by atoms with Gasteiger partial charge in [-0.15, -0.1) is 0 Å². The number of hydrogen-bond acceptors (Lipinski definition) is 5. The molecule has 0 spiro atoms. The van der Waals surface area contributed by atoms with E-state index in [2.05, 4.69) is 0 Å². The van der Waals surface area contributed by atoms with Gasteiger partial charge in [0.15, 0.2) is 0 Å². The van der Waals surface area contributed by atoms with Crippen molar-refractivity contribution < 1.29 is 23.9 Å². The first kappa shape index (κ1) is 22.7. The summed E-state index contributed by atoms with van der Waals surface area (Å²) in [6.07, 6.45) is 1.47. The van der Waals surface area contributed by atoms with Crippen molar-refractivity contribution in [1.82, 2.24) is 9.80 Å². The van der Waals surface area contributed by atoms with Crippen LogP contribution in [0.1, 0.15) is 31.2 Å². The molecule has 2 saturated heterocycles. The Morgan fingerprint density at radius 1 is 1.03 bits per heavy atom. The third-order valence-electron chi connectivity index (χ3n) is 7.05. The van der Waals surface area contributed by atoms with E-state index in [1.165, 1.54) is 4.90 Å². The highest BCUT2D eigenvalue weighted by molar-refractivity contribution is 6.11. The lowest BCUT2D eigenvalue weighted by Crippen LogP contribution is -2.45. The van der Waals surface area contributed by atoms with Crippen LogP contribution in [0, 0.1) is 0 Å². The monoisotopic (exact) mass is 462 g/mol. The van der Waals surface area contributed by atoms with Crippen molar-refractivity contribution in [2.75, 3.05) is 33.4 Å². The van der Waals surface area contributed by atoms with Gasteiger partial charge in [0.25, 0.3) is 0 Å². The summed E-state index contributed by atoms with van der Waals surface area (Å²) in [4.78, 5) is 43.0. The van der Waals surface area contributed by atoms with Crippen LogP contribution in [-0.2, 0) is 29.3 Å². The molecule has 5 rings (SSSR count). The maximum Gasteiger partial charge on any atom is 0.241 e. The van der Waals surface area contributed by atoms with Crippen LogP contribution in [0.25, 0.3) is 11.1 Å². The largest absolute Gasteiger partial charge is 0.376 e. The van der Waals surface area contributed by atoms with Gasteiger partial charge < -0.3 is 14.4 Å². The van der Waals surface area contributed by atoms with Crippen LogP contribution < -0.4 is 0 Å². The van der Waals surface area contributed by atoms with Crippen molar-refractivity contribution in [3.8, 4) is 11.1 Å². The molecule has 2 atom stereocenters. The van der Waals surface area contributed by atoms with Crippen molar-refractivity contribution >= 4 is 17.7 Å². The Kier molecular flexibility index (Phi) is 6.23. The minimum atomic E-state index is -1.18. The Morgan fingerprint density at radius 2 is 1.74 bits per heavy atom. The van der Waals surface area contributed by atoms with Crippen LogP contribution in [0.2, 0.25) is 0 Å². The number of likely N-dealkylation sites (N-methyl/N-ethyl adjacent to an activating group) is 1. The molecule has 2 unspecified atom stereocenters. The molecule has 3 fully saturated rings. The second-order valence-electron chi connectivity index (χ2n) is 9.52. The van der Waals surface area contributed by atoms with Crippen LogP contribution in [0.4, 0.5) is 0 Å². The van der Waals surface area contributed by atoms with Gasteiger partial charge in [-0.3, -0.25) is 19.3 Å². The first-order chi connectivity index (χ1) is 16.5. The lowest BCUT2D eigenvalue weighted by atomic mass is 9.75. The first-order valence-electron chi connectivity index (χ1n) is 11.9. The fourth-order valence-electron chi connectivity index (χ4n) is 4.99. The SMILES string of the molecule is CN(CC1COCCO1)C(=O)CC1(c2ccc(-c3ccccc3)cc2)CC(=O)N(C2CC2)C1=O. The maximum absolute atomic E-state index is 13.7. The van der Waals surface area contributed by atoms with Crippen molar-refractivity contribution in [2.45, 2.75) is 43.2 Å². The average Bonchev–Trinajstić information content (AvgIpc) is 3.66. The number of carbonyl (C=O) groups is 3. The van der Waals surface area contributed by atoms with Gasteiger partial charge in [0.2, 0.25) is 17.7 Å². The van der Waals surface area contributed by atoms with E-state index in [0.717, 1.165) is 24.0 Å². The number of ether oxygens (including phenoxy) is 2. The summed E-state index contributed by atoms with van der Waals surface area (Å²) in [5, 5.41) is 0. The molecule has 3 aliphatic rings. The minimum Gasteiger partial charge on any atom is -0.376 e. The summed E-state index contributed by atoms with van der Waals surface area (Å²) in [7, 11) is 1.71. The molecule has 34 heavy (non-hydrogen) atoms. The summed E-state index contributed by atoms with van der Waals surface area (Å²) in [5.74, 6) is -0.606. The molecule has 2 aromatic carbocycles. The Balaban J connectivity index is 1.42. The van der Waals surface area contributed by atoms with Crippen LogP contribution >= 0.6 is 0 Å². The highest BCUT2D eigenvalue weighted by Gasteiger charge is 2.57. The number of hydrogen-bond donors (Lipinski definition) is 0. The standard InChI is InChI=1S/C27H30N2O5/c1-28(17-23-18-33-13-14-34-23)24(30)15-27(16-25(31)29(26(27)32)22-11-12-22)21-9-7-20(8-10-21)19-5-3-2-4-6-19/h2-10,22-23H,11-18H2,1H3. The zero-order chi connectivity index (χ0) is 23.7. The normalized spacial score (nSPS) is 25.0. The Morgan fingerprint density at radius 3 is 2.38 bits per heavy atom. The number of nitrogens with zero attached hydrogens (tertiary/aromatic N) is 2. The van der Waals surface area contributed by atoms with E-state index in [1.54, 1.807) is 11.9 Å². The molecule has 0 radical (unpaired) electrons. The lowest BCUT2D eigenvalue weighted by Gasteiger charge is -2.31. The van der Waals surface area contributed by atoms with Crippen LogP contribution in [0.3, 0.4) is 0 Å². The Hall–Kier alpha value is -3.03. The van der Waals surface area contributed by atoms with E-state index in [4.69, 9.17) is 9.47 Å². The van der Waals surface area contributed by atoms with Gasteiger partial charge in [-0.1, -0.05) is 54.6 Å². The van der Waals surface area contributed by atoms with E-state index < -0.39 is 5.41 Å². The Labute approximate surface area is 199 Å². The van der Waals surface area contributed by atoms with Gasteiger partial charge >= 0.3 is 0 Å². The predicted octanol–water partition coefficient (Wildman–Crippen LogP) is 2.78. The maximum atomic E-state index is 13.7. The smallest absolute Gasteiger partial charge is 0.241 e. The van der Waals surface area contributed by atoms with Gasteiger partial charge in [0.05, 0.1) is 31.3 Å². The third-order valence-corrected chi connectivity index (χ3v) is 7.05. The molecular formula is C27H30N2O5. The number of amides is 3. The summed E-state index contributed by atoms with van der Waals surface area (Å²) in [6.45, 7) is 1.89. The number of carbonyl (C=O) groups excluding carboxylic acids is 3. The lowest BCUT2D eigenvalue weighted by molar-refractivity contribution is -0.144. The van der Waals surface area contributed by atoms with E-state index in [-0.39, 0.29) is 42.7 Å². The number of benzene rings is 2. The molecule has 3 amide bonds. The van der Waals surface area contributed by atoms with E-state index in [1.807, 2.05) is 54.6 Å². The molecule has 7 heteroatoms. The fraction of sp³-hybridized carbons (Fsp3) is 0.444. The number of rotatable bonds is 7. The van der Waals surface area contributed by atoms with Crippen molar-refractivity contribution in [3.05, 3.63) is 60.2 Å². The molecule has 1 saturated carbocycles. The van der Waals surface area contributed by atoms with Crippen molar-refractivity contribution in [1.29, 1.82) is 0 Å². The fourth-order valence-corrected chi connectivity index (χ4v) is 4.99. The summed E-state index contributed by atoms with van der Waals surface area (Å²) < 4.78 is 11.1. The van der Waals surface area contributed by atoms with Gasteiger partial charge in [-0.25, -0.2) is 0 Å². The molecule has 1 aliphatic carbocycles. The molecule has 178 valence electrons. The second-order valence-corrected chi connectivity index (χ2v) is 9.52. The van der Waals surface area contributed by atoms with Crippen LogP contribution in [0.5, 0.6) is 0 Å². The molecule has 7 nitrogen and oxygen atoms in total. The summed E-state index contributed by atoms with van der Waals surface area (Å²) >= 11 is 0. The summed E-state index contributed by atoms with van der Waals surface area (Å²) in [5.41, 5.74) is 1.63. The highest BCUT2D eigenvalue weighted by atomic mass is 16.6. The summed E-state index contributed by atoms with van der Waals surface area (Å²) in [6, 6.07) is 17.7. The zero-order valence-electron chi connectivity index (χ0n) is 19.4. The van der Waals surface area contributed by atoms with Gasteiger partial charge in [0, 0.05) is 32.5 Å².